The number of carbonyl (C=O) groups excluding carboxylic acids is 2. The van der Waals surface area contributed by atoms with Gasteiger partial charge in [-0.3, -0.25) is 14.5 Å². The number of urea groups is 1. The van der Waals surface area contributed by atoms with Crippen LogP contribution in [0.25, 0.3) is 11.1 Å². The number of halogens is 1. The van der Waals surface area contributed by atoms with Crippen molar-refractivity contribution in [3.8, 4) is 28.4 Å². The maximum Gasteiger partial charge on any atom is 0.327 e. The first kappa shape index (κ1) is 30.3. The van der Waals surface area contributed by atoms with Gasteiger partial charge in [0.05, 0.1) is 11.7 Å². The van der Waals surface area contributed by atoms with Crippen molar-refractivity contribution in [1.82, 2.24) is 14.4 Å². The summed E-state index contributed by atoms with van der Waals surface area (Å²) in [7, 11) is 3.27. The van der Waals surface area contributed by atoms with Gasteiger partial charge in [0, 0.05) is 43.5 Å². The molecule has 1 aliphatic carbocycles. The monoisotopic (exact) mass is 591 g/mol. The molecule has 2 heterocycles. The van der Waals surface area contributed by atoms with E-state index in [9.17, 15) is 23.9 Å². The summed E-state index contributed by atoms with van der Waals surface area (Å²) in [6.45, 7) is 7.01. The summed E-state index contributed by atoms with van der Waals surface area (Å²) in [6.07, 6.45) is 3.84. The fourth-order valence-electron chi connectivity index (χ4n) is 5.89. The van der Waals surface area contributed by atoms with Gasteiger partial charge in [-0.25, -0.2) is 9.18 Å². The first-order chi connectivity index (χ1) is 20.2. The summed E-state index contributed by atoms with van der Waals surface area (Å²) in [4.78, 5) is 40.5. The number of benzene rings is 2. The van der Waals surface area contributed by atoms with Crippen molar-refractivity contribution in [2.75, 3.05) is 13.6 Å². The molecule has 2 aliphatic rings. The highest BCUT2D eigenvalue weighted by molar-refractivity contribution is 6.02. The van der Waals surface area contributed by atoms with E-state index in [1.54, 1.807) is 60.1 Å². The van der Waals surface area contributed by atoms with Gasteiger partial charge < -0.3 is 24.0 Å². The highest BCUT2D eigenvalue weighted by Gasteiger charge is 2.40. The summed E-state index contributed by atoms with van der Waals surface area (Å²) in [6, 6.07) is 9.15. The molecule has 0 atom stereocenters. The fourth-order valence-corrected chi connectivity index (χ4v) is 5.89. The third-order valence-electron chi connectivity index (χ3n) is 8.28. The molecule has 5 rings (SSSR count). The standard InChI is InChI=1S/C33H38FN3O6/c1-19-13-22(34)14-20(2)31(19)43-27-12-7-21(33(3,4)41)15-25(27)26-17-35(5)29(38)16-28(26)42-24-10-8-23(9-11-24)37-30(39)18-36(6)32(37)40/h7,12-17,23-24,41H,8-11,18H2,1-6H3/t23-,24-. The van der Waals surface area contributed by atoms with Crippen LogP contribution >= 0.6 is 0 Å². The zero-order valence-corrected chi connectivity index (χ0v) is 25.4. The van der Waals surface area contributed by atoms with Crippen LogP contribution in [-0.4, -0.2) is 57.1 Å². The second-order valence-electron chi connectivity index (χ2n) is 12.2. The normalized spacial score (nSPS) is 19.3. The van der Waals surface area contributed by atoms with Gasteiger partial charge in [0.15, 0.2) is 0 Å². The molecule has 1 saturated heterocycles. The second-order valence-corrected chi connectivity index (χ2v) is 12.2. The fraction of sp³-hybridized carbons (Fsp3) is 0.424. The average molecular weight is 592 g/mol. The van der Waals surface area contributed by atoms with Gasteiger partial charge in [-0.1, -0.05) is 6.07 Å². The molecule has 3 amide bonds. The SMILES string of the molecule is Cc1cc(F)cc(C)c1Oc1ccc(C(C)(C)O)cc1-c1cn(C)c(=O)cc1O[C@H]1CC[C@H](N2C(=O)CN(C)C2=O)CC1. The average Bonchev–Trinajstić information content (AvgIpc) is 3.18. The molecule has 0 radical (unpaired) electrons. The molecule has 1 aliphatic heterocycles. The lowest BCUT2D eigenvalue weighted by Gasteiger charge is -2.33. The summed E-state index contributed by atoms with van der Waals surface area (Å²) in [5.74, 6) is 0.796. The van der Waals surface area contributed by atoms with Crippen molar-refractivity contribution < 1.29 is 28.6 Å². The number of aryl methyl sites for hydroxylation is 3. The highest BCUT2D eigenvalue weighted by atomic mass is 19.1. The van der Waals surface area contributed by atoms with Crippen LogP contribution in [0.2, 0.25) is 0 Å². The predicted octanol–water partition coefficient (Wildman–Crippen LogP) is 5.41. The van der Waals surface area contributed by atoms with E-state index in [4.69, 9.17) is 9.47 Å². The number of ether oxygens (including phenoxy) is 2. The molecular weight excluding hydrogens is 553 g/mol. The Bertz CT molecular complexity index is 1610. The summed E-state index contributed by atoms with van der Waals surface area (Å²) in [5.41, 5.74) is 1.66. The Morgan fingerprint density at radius 1 is 0.907 bits per heavy atom. The van der Waals surface area contributed by atoms with E-state index >= 15 is 0 Å². The van der Waals surface area contributed by atoms with E-state index in [2.05, 4.69) is 0 Å². The van der Waals surface area contributed by atoms with E-state index in [1.807, 2.05) is 6.07 Å². The van der Waals surface area contributed by atoms with Crippen molar-refractivity contribution in [3.63, 3.8) is 0 Å². The quantitative estimate of drug-likeness (QED) is 0.369. The Morgan fingerprint density at radius 2 is 1.56 bits per heavy atom. The molecule has 1 N–H and O–H groups in total. The van der Waals surface area contributed by atoms with Crippen molar-refractivity contribution in [3.05, 3.63) is 75.5 Å². The van der Waals surface area contributed by atoms with E-state index in [1.165, 1.54) is 32.6 Å². The Morgan fingerprint density at radius 3 is 2.14 bits per heavy atom. The first-order valence-electron chi connectivity index (χ1n) is 14.5. The largest absolute Gasteiger partial charge is 0.490 e. The van der Waals surface area contributed by atoms with Gasteiger partial charge in [0.1, 0.15) is 29.6 Å². The van der Waals surface area contributed by atoms with Crippen LogP contribution in [-0.2, 0) is 17.4 Å². The summed E-state index contributed by atoms with van der Waals surface area (Å²) >= 11 is 0. The van der Waals surface area contributed by atoms with Crippen LogP contribution in [0, 0.1) is 19.7 Å². The molecule has 3 aromatic rings. The number of hydrogen-bond acceptors (Lipinski definition) is 6. The molecule has 0 spiro atoms. The molecule has 228 valence electrons. The van der Waals surface area contributed by atoms with Gasteiger partial charge >= 0.3 is 6.03 Å². The molecule has 2 aromatic carbocycles. The van der Waals surface area contributed by atoms with Crippen molar-refractivity contribution >= 4 is 11.9 Å². The highest BCUT2D eigenvalue weighted by Crippen LogP contribution is 2.42. The number of rotatable bonds is 7. The minimum absolute atomic E-state index is 0.0943. The molecule has 43 heavy (non-hydrogen) atoms. The minimum atomic E-state index is -1.16. The van der Waals surface area contributed by atoms with Crippen LogP contribution in [0.4, 0.5) is 9.18 Å². The van der Waals surface area contributed by atoms with Gasteiger partial charge in [0.25, 0.3) is 11.5 Å². The lowest BCUT2D eigenvalue weighted by molar-refractivity contribution is -0.127. The van der Waals surface area contributed by atoms with Gasteiger partial charge in [-0.2, -0.15) is 0 Å². The van der Waals surface area contributed by atoms with Gasteiger partial charge in [-0.05, 0) is 94.3 Å². The number of aliphatic hydroxyl groups is 1. The Labute approximate surface area is 250 Å². The Kier molecular flexibility index (Phi) is 8.09. The number of aromatic nitrogens is 1. The van der Waals surface area contributed by atoms with Crippen LogP contribution in [0.1, 0.15) is 56.2 Å². The number of hydrogen-bond donors (Lipinski definition) is 1. The van der Waals surface area contributed by atoms with Crippen molar-refractivity contribution in [1.29, 1.82) is 0 Å². The van der Waals surface area contributed by atoms with Crippen molar-refractivity contribution in [2.45, 2.75) is 71.1 Å². The zero-order valence-electron chi connectivity index (χ0n) is 25.4. The topological polar surface area (TPSA) is 101 Å². The maximum atomic E-state index is 14.0. The van der Waals surface area contributed by atoms with Crippen LogP contribution in [0.15, 0.2) is 47.4 Å². The number of pyridine rings is 1. The van der Waals surface area contributed by atoms with E-state index in [-0.39, 0.29) is 42.0 Å². The number of nitrogens with zero attached hydrogens (tertiary/aromatic N) is 3. The van der Waals surface area contributed by atoms with E-state index in [0.717, 1.165) is 0 Å². The molecular formula is C33H38FN3O6. The molecule has 2 fully saturated rings. The molecule has 1 aromatic heterocycles. The molecule has 10 heteroatoms. The molecule has 0 bridgehead atoms. The minimum Gasteiger partial charge on any atom is -0.490 e. The summed E-state index contributed by atoms with van der Waals surface area (Å²) in [5, 5.41) is 10.8. The summed E-state index contributed by atoms with van der Waals surface area (Å²) < 4.78 is 28.4. The van der Waals surface area contributed by atoms with Crippen LogP contribution in [0.5, 0.6) is 17.2 Å². The lowest BCUT2D eigenvalue weighted by atomic mass is 9.91. The lowest BCUT2D eigenvalue weighted by Crippen LogP contribution is -2.44. The van der Waals surface area contributed by atoms with Gasteiger partial charge in [0.2, 0.25) is 0 Å². The third-order valence-corrected chi connectivity index (χ3v) is 8.28. The number of likely N-dealkylation sites (N-methyl/N-ethyl adjacent to an activating group) is 1. The second kappa shape index (κ2) is 11.5. The van der Waals surface area contributed by atoms with E-state index < -0.39 is 5.60 Å². The molecule has 0 unspecified atom stereocenters. The maximum absolute atomic E-state index is 14.0. The number of carbonyl (C=O) groups is 2. The number of imide groups is 1. The first-order valence-corrected chi connectivity index (χ1v) is 14.5. The Hall–Kier alpha value is -4.18. The van der Waals surface area contributed by atoms with Crippen molar-refractivity contribution in [2.24, 2.45) is 7.05 Å². The van der Waals surface area contributed by atoms with Gasteiger partial charge in [-0.15, -0.1) is 0 Å². The number of amides is 3. The van der Waals surface area contributed by atoms with Crippen LogP contribution in [0.3, 0.4) is 0 Å². The smallest absolute Gasteiger partial charge is 0.327 e. The van der Waals surface area contributed by atoms with Crippen LogP contribution < -0.4 is 15.0 Å². The molecule has 9 nitrogen and oxygen atoms in total. The molecule has 1 saturated carbocycles. The Balaban J connectivity index is 1.50. The predicted molar refractivity (Wildman–Crippen MR) is 160 cm³/mol. The van der Waals surface area contributed by atoms with E-state index in [0.29, 0.717) is 70.7 Å². The third kappa shape index (κ3) is 6.15. The zero-order chi connectivity index (χ0) is 31.2.